The largest absolute Gasteiger partial charge is 0.481 e. The first-order valence-corrected chi connectivity index (χ1v) is 6.49. The van der Waals surface area contributed by atoms with E-state index in [1.807, 2.05) is 0 Å². The molecule has 1 aliphatic rings. The van der Waals surface area contributed by atoms with E-state index in [0.29, 0.717) is 13.0 Å². The van der Waals surface area contributed by atoms with Crippen LogP contribution in [0.15, 0.2) is 0 Å². The fourth-order valence-corrected chi connectivity index (χ4v) is 2.77. The van der Waals surface area contributed by atoms with E-state index in [9.17, 15) is 18.0 Å². The number of amides is 1. The number of carboxylic acids is 1. The summed E-state index contributed by atoms with van der Waals surface area (Å²) in [6.45, 7) is 0.479. The number of hydrogen-bond acceptors (Lipinski definition) is 4. The van der Waals surface area contributed by atoms with Crippen LogP contribution in [0.25, 0.3) is 0 Å². The zero-order valence-electron chi connectivity index (χ0n) is 8.68. The van der Waals surface area contributed by atoms with E-state index in [1.54, 1.807) is 0 Å². The van der Waals surface area contributed by atoms with Crippen LogP contribution in [0.1, 0.15) is 12.8 Å². The van der Waals surface area contributed by atoms with Crippen LogP contribution in [-0.2, 0) is 19.6 Å². The monoisotopic (exact) mass is 250 g/mol. The first kappa shape index (κ1) is 12.9. The summed E-state index contributed by atoms with van der Waals surface area (Å²) < 4.78 is 24.4. The Hall–Kier alpha value is -1.15. The number of rotatable bonds is 4. The number of nitrogens with zero attached hydrogens (tertiary/aromatic N) is 1. The maximum atomic E-state index is 11.7. The van der Waals surface area contributed by atoms with Gasteiger partial charge in [-0.25, -0.2) is 8.42 Å². The first-order valence-electron chi connectivity index (χ1n) is 4.88. The fraction of sp³-hybridized carbons (Fsp3) is 0.750. The van der Waals surface area contributed by atoms with Crippen molar-refractivity contribution in [2.75, 3.05) is 25.4 Å². The molecule has 8 heteroatoms. The normalized spacial score (nSPS) is 18.9. The number of nitrogens with one attached hydrogen (secondary N) is 1. The molecule has 1 saturated heterocycles. The average Bonchev–Trinajstić information content (AvgIpc) is 2.40. The molecule has 0 bridgehead atoms. The van der Waals surface area contributed by atoms with Gasteiger partial charge < -0.3 is 10.4 Å². The van der Waals surface area contributed by atoms with Crippen LogP contribution < -0.4 is 5.32 Å². The molecule has 1 fully saturated rings. The molecule has 1 rings (SSSR count). The Balaban J connectivity index is 2.65. The SMILES string of the molecule is O=C(O)CCS(=O)(=O)N1CCCNC(=O)C1. The van der Waals surface area contributed by atoms with Gasteiger partial charge >= 0.3 is 5.97 Å². The van der Waals surface area contributed by atoms with Crippen LogP contribution in [0.5, 0.6) is 0 Å². The van der Waals surface area contributed by atoms with Gasteiger partial charge in [0, 0.05) is 13.1 Å². The highest BCUT2D eigenvalue weighted by Crippen LogP contribution is 2.06. The minimum Gasteiger partial charge on any atom is -0.481 e. The molecule has 0 aromatic heterocycles. The molecular formula is C8H14N2O5S. The van der Waals surface area contributed by atoms with Gasteiger partial charge in [0.05, 0.1) is 18.7 Å². The van der Waals surface area contributed by atoms with E-state index in [-0.39, 0.29) is 19.0 Å². The van der Waals surface area contributed by atoms with Gasteiger partial charge in [-0.2, -0.15) is 4.31 Å². The van der Waals surface area contributed by atoms with Crippen molar-refractivity contribution in [1.29, 1.82) is 0 Å². The van der Waals surface area contributed by atoms with Crippen molar-refractivity contribution in [2.45, 2.75) is 12.8 Å². The molecule has 0 saturated carbocycles. The lowest BCUT2D eigenvalue weighted by atomic mass is 10.4. The Morgan fingerprint density at radius 1 is 1.50 bits per heavy atom. The van der Waals surface area contributed by atoms with Crippen molar-refractivity contribution in [3.63, 3.8) is 0 Å². The van der Waals surface area contributed by atoms with Crippen LogP contribution in [0.2, 0.25) is 0 Å². The minimum atomic E-state index is -3.64. The van der Waals surface area contributed by atoms with Crippen LogP contribution in [0.3, 0.4) is 0 Å². The van der Waals surface area contributed by atoms with Gasteiger partial charge in [-0.15, -0.1) is 0 Å². The van der Waals surface area contributed by atoms with Gasteiger partial charge in [-0.3, -0.25) is 9.59 Å². The molecule has 1 amide bonds. The van der Waals surface area contributed by atoms with Gasteiger partial charge in [0.25, 0.3) is 0 Å². The molecule has 1 heterocycles. The number of aliphatic carboxylic acids is 1. The van der Waals surface area contributed by atoms with Gasteiger partial charge in [0.2, 0.25) is 15.9 Å². The Labute approximate surface area is 93.5 Å². The van der Waals surface area contributed by atoms with E-state index in [2.05, 4.69) is 5.32 Å². The minimum absolute atomic E-state index is 0.220. The lowest BCUT2D eigenvalue weighted by Gasteiger charge is -2.17. The smallest absolute Gasteiger partial charge is 0.304 e. The topological polar surface area (TPSA) is 104 Å². The summed E-state index contributed by atoms with van der Waals surface area (Å²) in [4.78, 5) is 21.4. The molecule has 16 heavy (non-hydrogen) atoms. The molecule has 0 atom stereocenters. The Morgan fingerprint density at radius 2 is 2.19 bits per heavy atom. The Kier molecular flexibility index (Phi) is 4.25. The maximum Gasteiger partial charge on any atom is 0.304 e. The molecule has 0 unspecified atom stereocenters. The van der Waals surface area contributed by atoms with Crippen LogP contribution in [-0.4, -0.2) is 55.1 Å². The average molecular weight is 250 g/mol. The summed E-state index contributed by atoms with van der Waals surface area (Å²) in [5, 5.41) is 11.0. The third-order valence-electron chi connectivity index (χ3n) is 2.19. The summed E-state index contributed by atoms with van der Waals surface area (Å²) in [6, 6.07) is 0. The zero-order valence-corrected chi connectivity index (χ0v) is 9.49. The van der Waals surface area contributed by atoms with Crippen LogP contribution in [0.4, 0.5) is 0 Å². The van der Waals surface area contributed by atoms with E-state index < -0.39 is 28.2 Å². The summed E-state index contributed by atoms with van der Waals surface area (Å²) >= 11 is 0. The highest BCUT2D eigenvalue weighted by atomic mass is 32.2. The Morgan fingerprint density at radius 3 is 2.81 bits per heavy atom. The molecular weight excluding hydrogens is 236 g/mol. The molecule has 0 aromatic carbocycles. The van der Waals surface area contributed by atoms with Crippen molar-refractivity contribution < 1.29 is 23.1 Å². The van der Waals surface area contributed by atoms with E-state index in [4.69, 9.17) is 5.11 Å². The second kappa shape index (κ2) is 5.26. The summed E-state index contributed by atoms with van der Waals surface area (Å²) in [5.74, 6) is -1.98. The van der Waals surface area contributed by atoms with Crippen molar-refractivity contribution in [1.82, 2.24) is 9.62 Å². The lowest BCUT2D eigenvalue weighted by molar-refractivity contribution is -0.136. The van der Waals surface area contributed by atoms with Crippen LogP contribution >= 0.6 is 0 Å². The van der Waals surface area contributed by atoms with Crippen molar-refractivity contribution in [3.05, 3.63) is 0 Å². The molecule has 0 spiro atoms. The summed E-state index contributed by atoms with van der Waals surface area (Å²) in [7, 11) is -3.64. The Bertz CT molecular complexity index is 378. The number of hydrogen-bond donors (Lipinski definition) is 2. The van der Waals surface area contributed by atoms with Crippen molar-refractivity contribution in [2.24, 2.45) is 0 Å². The third-order valence-corrected chi connectivity index (χ3v) is 4.01. The predicted molar refractivity (Wildman–Crippen MR) is 55.2 cm³/mol. The second-order valence-electron chi connectivity index (χ2n) is 3.50. The maximum absolute atomic E-state index is 11.7. The van der Waals surface area contributed by atoms with Crippen LogP contribution in [0, 0.1) is 0 Å². The molecule has 92 valence electrons. The predicted octanol–water partition coefficient (Wildman–Crippen LogP) is -1.39. The molecule has 1 aliphatic heterocycles. The number of carboxylic acid groups (broad SMARTS) is 1. The highest BCUT2D eigenvalue weighted by molar-refractivity contribution is 7.89. The third kappa shape index (κ3) is 3.78. The van der Waals surface area contributed by atoms with E-state index >= 15 is 0 Å². The van der Waals surface area contributed by atoms with E-state index in [1.165, 1.54) is 0 Å². The van der Waals surface area contributed by atoms with Crippen molar-refractivity contribution in [3.8, 4) is 0 Å². The molecule has 7 nitrogen and oxygen atoms in total. The van der Waals surface area contributed by atoms with Gasteiger partial charge in [-0.1, -0.05) is 0 Å². The standard InChI is InChI=1S/C8H14N2O5S/c11-7-6-10(4-1-3-9-7)16(14,15)5-2-8(12)13/h1-6H2,(H,9,11)(H,12,13). The first-order chi connectivity index (χ1) is 7.42. The zero-order chi connectivity index (χ0) is 12.2. The lowest BCUT2D eigenvalue weighted by Crippen LogP contribution is -2.38. The van der Waals surface area contributed by atoms with Gasteiger partial charge in [-0.05, 0) is 6.42 Å². The highest BCUT2D eigenvalue weighted by Gasteiger charge is 2.26. The van der Waals surface area contributed by atoms with Gasteiger partial charge in [0.1, 0.15) is 0 Å². The van der Waals surface area contributed by atoms with Crippen molar-refractivity contribution >= 4 is 21.9 Å². The van der Waals surface area contributed by atoms with E-state index in [0.717, 1.165) is 4.31 Å². The second-order valence-corrected chi connectivity index (χ2v) is 5.59. The summed E-state index contributed by atoms with van der Waals surface area (Å²) in [6.07, 6.45) is 0.0957. The van der Waals surface area contributed by atoms with Gasteiger partial charge in [0.15, 0.2) is 0 Å². The number of carbonyl (C=O) groups is 2. The fourth-order valence-electron chi connectivity index (χ4n) is 1.36. The number of sulfonamides is 1. The molecule has 0 aliphatic carbocycles. The summed E-state index contributed by atoms with van der Waals surface area (Å²) in [5.41, 5.74) is 0. The quantitative estimate of drug-likeness (QED) is 0.639. The molecule has 0 radical (unpaired) electrons. The number of carbonyl (C=O) groups excluding carboxylic acids is 1. The molecule has 0 aromatic rings. The molecule has 2 N–H and O–H groups in total.